The van der Waals surface area contributed by atoms with E-state index in [1.165, 1.54) is 11.3 Å². The minimum Gasteiger partial charge on any atom is -0.327 e. The maximum Gasteiger partial charge on any atom is 0.268 e. The molecule has 7 heteroatoms. The summed E-state index contributed by atoms with van der Waals surface area (Å²) in [6.07, 6.45) is 0. The predicted octanol–water partition coefficient (Wildman–Crippen LogP) is 2.83. The number of hydrogen-bond acceptors (Lipinski definition) is 5. The molecule has 0 unspecified atom stereocenters. The Kier molecular flexibility index (Phi) is 2.87. The Balaban J connectivity index is 1.79. The second kappa shape index (κ2) is 4.88. The van der Waals surface area contributed by atoms with Crippen LogP contribution in [0.2, 0.25) is 0 Å². The van der Waals surface area contributed by atoms with Crippen molar-refractivity contribution < 1.29 is 4.79 Å². The summed E-state index contributed by atoms with van der Waals surface area (Å²) in [6.45, 7) is 0. The molecule has 4 aromatic rings. The van der Waals surface area contributed by atoms with Gasteiger partial charge in [-0.05, 0) is 17.5 Å². The molecular weight excluding hydrogens is 298 g/mol. The van der Waals surface area contributed by atoms with E-state index in [2.05, 4.69) is 20.5 Å². The number of fused-ring (bicyclic) bond motifs is 3. The number of aryl methyl sites for hydroxylation is 1. The van der Waals surface area contributed by atoms with Crippen LogP contribution in [0.15, 0.2) is 41.8 Å². The van der Waals surface area contributed by atoms with Crippen molar-refractivity contribution in [2.75, 3.05) is 5.32 Å². The SMILES string of the molecule is Cn1c2ccccc2c2nnc(NC(=O)c3cccs3)nc21. The topological polar surface area (TPSA) is 72.7 Å². The molecule has 0 radical (unpaired) electrons. The highest BCUT2D eigenvalue weighted by Gasteiger charge is 2.14. The van der Waals surface area contributed by atoms with Crippen LogP contribution in [-0.2, 0) is 7.05 Å². The van der Waals surface area contributed by atoms with Crippen LogP contribution in [0.1, 0.15) is 9.67 Å². The Labute approximate surface area is 129 Å². The van der Waals surface area contributed by atoms with Crippen molar-refractivity contribution in [1.29, 1.82) is 0 Å². The third-order valence-corrected chi connectivity index (χ3v) is 4.35. The number of carbonyl (C=O) groups excluding carboxylic acids is 1. The molecule has 1 N–H and O–H groups in total. The first-order valence-electron chi connectivity index (χ1n) is 6.67. The van der Waals surface area contributed by atoms with E-state index in [0.29, 0.717) is 10.5 Å². The number of hydrogen-bond donors (Lipinski definition) is 1. The monoisotopic (exact) mass is 309 g/mol. The van der Waals surface area contributed by atoms with Crippen LogP contribution in [0.25, 0.3) is 22.1 Å². The van der Waals surface area contributed by atoms with Crippen LogP contribution < -0.4 is 5.32 Å². The average Bonchev–Trinajstić information content (AvgIpc) is 3.16. The summed E-state index contributed by atoms with van der Waals surface area (Å²) in [5.74, 6) is -0.0216. The van der Waals surface area contributed by atoms with Crippen molar-refractivity contribution in [2.24, 2.45) is 7.05 Å². The summed E-state index contributed by atoms with van der Waals surface area (Å²) in [4.78, 5) is 17.1. The largest absolute Gasteiger partial charge is 0.327 e. The third-order valence-electron chi connectivity index (χ3n) is 3.48. The third kappa shape index (κ3) is 1.94. The maximum atomic E-state index is 12.1. The van der Waals surface area contributed by atoms with Gasteiger partial charge in [-0.3, -0.25) is 10.1 Å². The Morgan fingerprint density at radius 2 is 2.05 bits per heavy atom. The average molecular weight is 309 g/mol. The first-order valence-corrected chi connectivity index (χ1v) is 7.55. The van der Waals surface area contributed by atoms with Crippen molar-refractivity contribution in [2.45, 2.75) is 0 Å². The number of anilines is 1. The summed E-state index contributed by atoms with van der Waals surface area (Å²) < 4.78 is 1.94. The Hall–Kier alpha value is -2.80. The lowest BCUT2D eigenvalue weighted by molar-refractivity contribution is 0.102. The van der Waals surface area contributed by atoms with Gasteiger partial charge in [0.15, 0.2) is 5.65 Å². The van der Waals surface area contributed by atoms with Gasteiger partial charge in [0.2, 0.25) is 0 Å². The van der Waals surface area contributed by atoms with E-state index in [1.54, 1.807) is 6.07 Å². The summed E-state index contributed by atoms with van der Waals surface area (Å²) in [5.41, 5.74) is 2.45. The zero-order chi connectivity index (χ0) is 15.1. The van der Waals surface area contributed by atoms with Crippen molar-refractivity contribution >= 4 is 45.3 Å². The minimum absolute atomic E-state index is 0.205. The van der Waals surface area contributed by atoms with Crippen molar-refractivity contribution in [3.8, 4) is 0 Å². The summed E-state index contributed by atoms with van der Waals surface area (Å²) in [7, 11) is 1.92. The molecule has 0 saturated heterocycles. The quantitative estimate of drug-likeness (QED) is 0.618. The number of aromatic nitrogens is 4. The molecule has 1 aromatic carbocycles. The van der Waals surface area contributed by atoms with Crippen LogP contribution in [0, 0.1) is 0 Å². The van der Waals surface area contributed by atoms with Gasteiger partial charge in [0.1, 0.15) is 5.52 Å². The summed E-state index contributed by atoms with van der Waals surface area (Å²) >= 11 is 1.37. The lowest BCUT2D eigenvalue weighted by atomic mass is 10.2. The van der Waals surface area contributed by atoms with Gasteiger partial charge < -0.3 is 4.57 Å². The molecule has 0 aliphatic heterocycles. The van der Waals surface area contributed by atoms with Gasteiger partial charge in [-0.2, -0.15) is 4.98 Å². The van der Waals surface area contributed by atoms with Gasteiger partial charge in [0.25, 0.3) is 11.9 Å². The Bertz CT molecular complexity index is 990. The second-order valence-electron chi connectivity index (χ2n) is 4.82. The molecule has 0 spiro atoms. The molecule has 6 nitrogen and oxygen atoms in total. The molecule has 0 atom stereocenters. The number of amides is 1. The first-order chi connectivity index (χ1) is 10.7. The number of benzene rings is 1. The van der Waals surface area contributed by atoms with Gasteiger partial charge in [-0.1, -0.05) is 24.3 Å². The lowest BCUT2D eigenvalue weighted by Gasteiger charge is -2.01. The lowest BCUT2D eigenvalue weighted by Crippen LogP contribution is -2.13. The van der Waals surface area contributed by atoms with Crippen LogP contribution in [-0.4, -0.2) is 25.7 Å². The molecule has 0 saturated carbocycles. The first kappa shape index (κ1) is 12.9. The molecule has 3 aromatic heterocycles. The standard InChI is InChI=1S/C15H11N5OS/c1-20-10-6-3-2-5-9(10)12-13(20)16-15(19-18-12)17-14(21)11-7-4-8-22-11/h2-8H,1H3,(H,16,17,19,21). The molecule has 3 heterocycles. The van der Waals surface area contributed by atoms with Gasteiger partial charge in [-0.25, -0.2) is 0 Å². The highest BCUT2D eigenvalue weighted by molar-refractivity contribution is 7.12. The number of nitrogens with one attached hydrogen (secondary N) is 1. The zero-order valence-corrected chi connectivity index (χ0v) is 12.5. The smallest absolute Gasteiger partial charge is 0.268 e. The summed E-state index contributed by atoms with van der Waals surface area (Å²) in [5, 5.41) is 13.8. The highest BCUT2D eigenvalue weighted by Crippen LogP contribution is 2.24. The van der Waals surface area contributed by atoms with E-state index in [4.69, 9.17) is 0 Å². The minimum atomic E-state index is -0.227. The predicted molar refractivity (Wildman–Crippen MR) is 86.1 cm³/mol. The molecule has 22 heavy (non-hydrogen) atoms. The van der Waals surface area contributed by atoms with E-state index < -0.39 is 0 Å². The van der Waals surface area contributed by atoms with Crippen LogP contribution >= 0.6 is 11.3 Å². The molecule has 0 fully saturated rings. The maximum absolute atomic E-state index is 12.1. The Morgan fingerprint density at radius 1 is 1.18 bits per heavy atom. The molecular formula is C15H11N5OS. The van der Waals surface area contributed by atoms with Crippen LogP contribution in [0.3, 0.4) is 0 Å². The van der Waals surface area contributed by atoms with E-state index in [1.807, 2.05) is 47.3 Å². The fourth-order valence-electron chi connectivity index (χ4n) is 2.43. The van der Waals surface area contributed by atoms with Crippen LogP contribution in [0.5, 0.6) is 0 Å². The molecule has 0 aliphatic rings. The molecule has 0 aliphatic carbocycles. The van der Waals surface area contributed by atoms with E-state index in [9.17, 15) is 4.79 Å². The van der Waals surface area contributed by atoms with Gasteiger partial charge in [-0.15, -0.1) is 21.5 Å². The zero-order valence-electron chi connectivity index (χ0n) is 11.6. The number of thiophene rings is 1. The van der Waals surface area contributed by atoms with Gasteiger partial charge >= 0.3 is 0 Å². The summed E-state index contributed by atoms with van der Waals surface area (Å²) in [6, 6.07) is 11.5. The number of para-hydroxylation sites is 1. The highest BCUT2D eigenvalue weighted by atomic mass is 32.1. The number of rotatable bonds is 2. The Morgan fingerprint density at radius 3 is 2.86 bits per heavy atom. The molecule has 4 rings (SSSR count). The fourth-order valence-corrected chi connectivity index (χ4v) is 3.05. The van der Waals surface area contributed by atoms with Crippen molar-refractivity contribution in [3.05, 3.63) is 46.7 Å². The fraction of sp³-hybridized carbons (Fsp3) is 0.0667. The van der Waals surface area contributed by atoms with Crippen LogP contribution in [0.4, 0.5) is 5.95 Å². The second-order valence-corrected chi connectivity index (χ2v) is 5.76. The molecule has 1 amide bonds. The van der Waals surface area contributed by atoms with Gasteiger partial charge in [0, 0.05) is 12.4 Å². The number of carbonyl (C=O) groups is 1. The van der Waals surface area contributed by atoms with Crippen molar-refractivity contribution in [3.63, 3.8) is 0 Å². The van der Waals surface area contributed by atoms with E-state index in [-0.39, 0.29) is 11.9 Å². The van der Waals surface area contributed by atoms with E-state index >= 15 is 0 Å². The molecule has 108 valence electrons. The number of nitrogens with zero attached hydrogens (tertiary/aromatic N) is 4. The molecule has 0 bridgehead atoms. The normalized spacial score (nSPS) is 11.1. The van der Waals surface area contributed by atoms with Crippen molar-refractivity contribution in [1.82, 2.24) is 19.7 Å². The van der Waals surface area contributed by atoms with E-state index in [0.717, 1.165) is 16.4 Å². The van der Waals surface area contributed by atoms with Gasteiger partial charge in [0.05, 0.1) is 10.4 Å².